The van der Waals surface area contributed by atoms with Crippen molar-refractivity contribution in [2.24, 2.45) is 0 Å². The normalized spacial score (nSPS) is 14.0. The summed E-state index contributed by atoms with van der Waals surface area (Å²) in [7, 11) is 0. The zero-order valence-electron chi connectivity index (χ0n) is 19.3. The van der Waals surface area contributed by atoms with Gasteiger partial charge in [-0.3, -0.25) is 28.8 Å². The second-order valence-corrected chi connectivity index (χ2v) is 7.52. The van der Waals surface area contributed by atoms with Gasteiger partial charge in [-0.2, -0.15) is 0 Å². The molecule has 14 heteroatoms. The highest BCUT2D eigenvalue weighted by atomic mass is 16.4. The third-order valence-electron chi connectivity index (χ3n) is 4.59. The Morgan fingerprint density at radius 3 is 1.53 bits per heavy atom. The van der Waals surface area contributed by atoms with Crippen LogP contribution >= 0.6 is 0 Å². The third-order valence-corrected chi connectivity index (χ3v) is 4.59. The maximum absolute atomic E-state index is 12.8. The van der Waals surface area contributed by atoms with Gasteiger partial charge in [0.1, 0.15) is 24.2 Å². The van der Waals surface area contributed by atoms with E-state index in [0.29, 0.717) is 12.8 Å². The minimum absolute atomic E-state index is 0.0267. The van der Waals surface area contributed by atoms with E-state index in [1.54, 1.807) is 0 Å². The maximum atomic E-state index is 12.8. The highest BCUT2D eigenvalue weighted by Crippen LogP contribution is 2.05. The van der Waals surface area contributed by atoms with Crippen molar-refractivity contribution in [1.29, 1.82) is 0 Å². The highest BCUT2D eigenvalue weighted by Gasteiger charge is 2.31. The molecule has 0 rings (SSSR count). The Morgan fingerprint density at radius 1 is 0.647 bits per heavy atom. The molecule has 0 radical (unpaired) electrons. The van der Waals surface area contributed by atoms with E-state index in [0.717, 1.165) is 6.92 Å². The molecule has 0 aliphatic rings. The molecule has 0 aliphatic carbocycles. The van der Waals surface area contributed by atoms with E-state index in [4.69, 9.17) is 15.3 Å². The minimum atomic E-state index is -1.71. The molecule has 4 amide bonds. The van der Waals surface area contributed by atoms with Gasteiger partial charge in [-0.15, -0.1) is 0 Å². The molecule has 0 fully saturated rings. The maximum Gasteiger partial charge on any atom is 0.326 e. The number of amides is 4. The van der Waals surface area contributed by atoms with Crippen molar-refractivity contribution in [3.8, 4) is 0 Å². The molecule has 0 aromatic rings. The molecule has 0 spiro atoms. The quantitative estimate of drug-likeness (QED) is 0.134. The highest BCUT2D eigenvalue weighted by molar-refractivity contribution is 5.96. The van der Waals surface area contributed by atoms with Gasteiger partial charge in [-0.1, -0.05) is 26.7 Å². The fourth-order valence-corrected chi connectivity index (χ4v) is 2.85. The smallest absolute Gasteiger partial charge is 0.326 e. The molecular weight excluding hydrogens is 456 g/mol. The molecule has 0 heterocycles. The Balaban J connectivity index is 5.45. The molecule has 0 saturated heterocycles. The summed E-state index contributed by atoms with van der Waals surface area (Å²) in [6.07, 6.45) is -0.272. The SMILES string of the molecule is CCCC[C@H](NC(=O)[C@H](CC(=O)O)NC(C)=O)C(=O)N[C@@H](CC)C(=O)N[C@@H](CC(=O)O)C(=O)O. The number of carboxylic acid groups (broad SMARTS) is 3. The van der Waals surface area contributed by atoms with Gasteiger partial charge in [-0.05, 0) is 12.8 Å². The number of nitrogens with one attached hydrogen (secondary N) is 4. The Hall–Kier alpha value is -3.71. The lowest BCUT2D eigenvalue weighted by Crippen LogP contribution is -2.57. The van der Waals surface area contributed by atoms with Gasteiger partial charge in [0.15, 0.2) is 0 Å². The zero-order valence-corrected chi connectivity index (χ0v) is 19.3. The summed E-state index contributed by atoms with van der Waals surface area (Å²) in [5, 5.41) is 35.9. The first-order valence-corrected chi connectivity index (χ1v) is 10.7. The first-order valence-electron chi connectivity index (χ1n) is 10.7. The van der Waals surface area contributed by atoms with Crippen LogP contribution in [0.4, 0.5) is 0 Å². The van der Waals surface area contributed by atoms with Gasteiger partial charge in [0.25, 0.3) is 0 Å². The van der Waals surface area contributed by atoms with E-state index in [9.17, 15) is 33.6 Å². The topological polar surface area (TPSA) is 228 Å². The van der Waals surface area contributed by atoms with E-state index in [1.165, 1.54) is 6.92 Å². The van der Waals surface area contributed by atoms with Crippen LogP contribution in [-0.2, 0) is 33.6 Å². The van der Waals surface area contributed by atoms with Crippen molar-refractivity contribution in [3.05, 3.63) is 0 Å². The monoisotopic (exact) mass is 488 g/mol. The molecule has 0 unspecified atom stereocenters. The first-order chi connectivity index (χ1) is 15.8. The summed E-state index contributed by atoms with van der Waals surface area (Å²) >= 11 is 0. The van der Waals surface area contributed by atoms with Gasteiger partial charge in [-0.25, -0.2) is 4.79 Å². The van der Waals surface area contributed by atoms with E-state index >= 15 is 0 Å². The molecule has 34 heavy (non-hydrogen) atoms. The van der Waals surface area contributed by atoms with Crippen LogP contribution in [-0.4, -0.2) is 81.0 Å². The minimum Gasteiger partial charge on any atom is -0.481 e. The predicted molar refractivity (Wildman–Crippen MR) is 115 cm³/mol. The molecule has 0 aliphatic heterocycles. The molecule has 0 aromatic carbocycles. The average Bonchev–Trinajstić information content (AvgIpc) is 2.72. The summed E-state index contributed by atoms with van der Waals surface area (Å²) in [4.78, 5) is 82.1. The van der Waals surface area contributed by atoms with Gasteiger partial charge in [0.2, 0.25) is 23.6 Å². The summed E-state index contributed by atoms with van der Waals surface area (Å²) in [6.45, 7) is 4.46. The summed E-state index contributed by atoms with van der Waals surface area (Å²) in [5.74, 6) is -7.61. The lowest BCUT2D eigenvalue weighted by molar-refractivity contribution is -0.147. The van der Waals surface area contributed by atoms with Gasteiger partial charge >= 0.3 is 17.9 Å². The van der Waals surface area contributed by atoms with Crippen LogP contribution in [0.15, 0.2) is 0 Å². The van der Waals surface area contributed by atoms with Crippen molar-refractivity contribution in [2.45, 2.75) is 83.5 Å². The Morgan fingerprint density at radius 2 is 1.09 bits per heavy atom. The van der Waals surface area contributed by atoms with Crippen molar-refractivity contribution in [3.63, 3.8) is 0 Å². The molecule has 7 N–H and O–H groups in total. The molecule has 192 valence electrons. The summed E-state index contributed by atoms with van der Waals surface area (Å²) in [6, 6.07) is -5.53. The van der Waals surface area contributed by atoms with E-state index < -0.39 is 78.5 Å². The molecular formula is C20H32N4O10. The lowest BCUT2D eigenvalue weighted by Gasteiger charge is -2.25. The van der Waals surface area contributed by atoms with Crippen LogP contribution in [0.25, 0.3) is 0 Å². The van der Waals surface area contributed by atoms with Crippen LogP contribution in [0.3, 0.4) is 0 Å². The fraction of sp³-hybridized carbons (Fsp3) is 0.650. The van der Waals surface area contributed by atoms with Gasteiger partial charge in [0.05, 0.1) is 12.8 Å². The van der Waals surface area contributed by atoms with Crippen LogP contribution in [0.1, 0.15) is 59.3 Å². The number of hydrogen-bond donors (Lipinski definition) is 7. The van der Waals surface area contributed by atoms with Crippen LogP contribution in [0, 0.1) is 0 Å². The van der Waals surface area contributed by atoms with Gasteiger partial charge < -0.3 is 36.6 Å². The third kappa shape index (κ3) is 11.8. The number of carbonyl (C=O) groups excluding carboxylic acids is 4. The Kier molecular flexibility index (Phi) is 13.5. The predicted octanol–water partition coefficient (Wildman–Crippen LogP) is -1.42. The molecule has 0 bridgehead atoms. The van der Waals surface area contributed by atoms with Crippen LogP contribution < -0.4 is 21.3 Å². The average molecular weight is 488 g/mol. The fourth-order valence-electron chi connectivity index (χ4n) is 2.85. The van der Waals surface area contributed by atoms with E-state index in [2.05, 4.69) is 21.3 Å². The lowest BCUT2D eigenvalue weighted by atomic mass is 10.1. The molecule has 4 atom stereocenters. The van der Waals surface area contributed by atoms with Crippen LogP contribution in [0.2, 0.25) is 0 Å². The Labute approximate surface area is 195 Å². The number of aliphatic carboxylic acids is 3. The largest absolute Gasteiger partial charge is 0.481 e. The second-order valence-electron chi connectivity index (χ2n) is 7.52. The molecule has 0 aromatic heterocycles. The summed E-state index contributed by atoms with van der Waals surface area (Å²) in [5.41, 5.74) is 0. The van der Waals surface area contributed by atoms with Gasteiger partial charge in [0, 0.05) is 6.92 Å². The summed E-state index contributed by atoms with van der Waals surface area (Å²) < 4.78 is 0. The van der Waals surface area contributed by atoms with E-state index in [1.807, 2.05) is 6.92 Å². The number of carbonyl (C=O) groups is 7. The van der Waals surface area contributed by atoms with Crippen molar-refractivity contribution in [1.82, 2.24) is 21.3 Å². The Bertz CT molecular complexity index is 769. The zero-order chi connectivity index (χ0) is 26.4. The number of rotatable bonds is 16. The van der Waals surface area contributed by atoms with Crippen LogP contribution in [0.5, 0.6) is 0 Å². The van der Waals surface area contributed by atoms with Crippen molar-refractivity contribution >= 4 is 41.5 Å². The van der Waals surface area contributed by atoms with Crippen molar-refractivity contribution in [2.75, 3.05) is 0 Å². The number of carboxylic acids is 3. The standard InChI is InChI=1S/C20H32N4O10/c1-4-6-7-12(23-19(32)13(8-15(26)27)21-10(3)25)18(31)22-11(5-2)17(30)24-14(20(33)34)9-16(28)29/h11-14H,4-9H2,1-3H3,(H,21,25)(H,22,31)(H,23,32)(H,24,30)(H,26,27)(H,28,29)(H,33,34)/t11-,12-,13-,14-/m0/s1. The number of unbranched alkanes of at least 4 members (excludes halogenated alkanes) is 1. The van der Waals surface area contributed by atoms with E-state index in [-0.39, 0.29) is 12.8 Å². The van der Waals surface area contributed by atoms with Crippen molar-refractivity contribution < 1.29 is 48.9 Å². The molecule has 0 saturated carbocycles. The second kappa shape index (κ2) is 15.2. The number of hydrogen-bond acceptors (Lipinski definition) is 7. The first kappa shape index (κ1) is 30.3. The molecule has 14 nitrogen and oxygen atoms in total.